The first-order chi connectivity index (χ1) is 11.2. The molecular weight excluding hydrogens is 314 g/mol. The zero-order valence-electron chi connectivity index (χ0n) is 12.6. The van der Waals surface area contributed by atoms with Crippen LogP contribution in [0.15, 0.2) is 42.5 Å². The molecule has 0 fully saturated rings. The van der Waals surface area contributed by atoms with Crippen LogP contribution in [0.2, 0.25) is 0 Å². The SMILES string of the molecule is COc1c(O)ccc(-c2nnc(Nc3ccccc3)s2)c1OC. The van der Waals surface area contributed by atoms with Crippen molar-refractivity contribution in [2.75, 3.05) is 19.5 Å². The quantitative estimate of drug-likeness (QED) is 0.744. The molecule has 3 aromatic rings. The molecular formula is C16H15N3O3S. The Balaban J connectivity index is 1.94. The highest BCUT2D eigenvalue weighted by atomic mass is 32.1. The molecule has 0 amide bonds. The molecule has 23 heavy (non-hydrogen) atoms. The summed E-state index contributed by atoms with van der Waals surface area (Å²) in [4.78, 5) is 0. The van der Waals surface area contributed by atoms with Gasteiger partial charge in [-0.25, -0.2) is 0 Å². The number of hydrogen-bond donors (Lipinski definition) is 2. The van der Waals surface area contributed by atoms with Crippen molar-refractivity contribution in [3.63, 3.8) is 0 Å². The molecule has 2 N–H and O–H groups in total. The molecule has 0 saturated carbocycles. The van der Waals surface area contributed by atoms with Gasteiger partial charge < -0.3 is 19.9 Å². The summed E-state index contributed by atoms with van der Waals surface area (Å²) in [6.45, 7) is 0. The van der Waals surface area contributed by atoms with Crippen molar-refractivity contribution in [3.05, 3.63) is 42.5 Å². The summed E-state index contributed by atoms with van der Waals surface area (Å²) in [6, 6.07) is 13.0. The summed E-state index contributed by atoms with van der Waals surface area (Å²) in [7, 11) is 2.99. The van der Waals surface area contributed by atoms with Gasteiger partial charge in [-0.15, -0.1) is 10.2 Å². The van der Waals surface area contributed by atoms with Crippen LogP contribution in [0.25, 0.3) is 10.6 Å². The van der Waals surface area contributed by atoms with Gasteiger partial charge in [0.05, 0.1) is 19.8 Å². The standard InChI is InChI=1S/C16H15N3O3S/c1-21-13-11(8-9-12(20)14(13)22-2)15-18-19-16(23-15)17-10-6-4-3-5-7-10/h3-9,20H,1-2H3,(H,17,19). The van der Waals surface area contributed by atoms with E-state index in [1.165, 1.54) is 25.6 Å². The van der Waals surface area contributed by atoms with E-state index in [4.69, 9.17) is 9.47 Å². The van der Waals surface area contributed by atoms with E-state index < -0.39 is 0 Å². The third kappa shape index (κ3) is 3.04. The van der Waals surface area contributed by atoms with Crippen LogP contribution in [0.4, 0.5) is 10.8 Å². The van der Waals surface area contributed by atoms with Crippen molar-refractivity contribution in [1.29, 1.82) is 0 Å². The molecule has 0 saturated heterocycles. The Hall–Kier alpha value is -2.80. The zero-order chi connectivity index (χ0) is 16.2. The van der Waals surface area contributed by atoms with Crippen molar-refractivity contribution in [1.82, 2.24) is 10.2 Å². The maximum atomic E-state index is 9.84. The van der Waals surface area contributed by atoms with Crippen LogP contribution >= 0.6 is 11.3 Å². The summed E-state index contributed by atoms with van der Waals surface area (Å²) in [5.74, 6) is 0.716. The lowest BCUT2D eigenvalue weighted by Gasteiger charge is -2.12. The number of anilines is 2. The second kappa shape index (κ2) is 6.53. The number of rotatable bonds is 5. The summed E-state index contributed by atoms with van der Waals surface area (Å²) < 4.78 is 10.6. The van der Waals surface area contributed by atoms with E-state index in [0.717, 1.165) is 5.69 Å². The molecule has 0 aliphatic heterocycles. The molecule has 3 rings (SSSR count). The molecule has 2 aromatic carbocycles. The average molecular weight is 329 g/mol. The topological polar surface area (TPSA) is 76.5 Å². The van der Waals surface area contributed by atoms with Crippen molar-refractivity contribution in [2.24, 2.45) is 0 Å². The smallest absolute Gasteiger partial charge is 0.210 e. The molecule has 6 nitrogen and oxygen atoms in total. The van der Waals surface area contributed by atoms with E-state index in [2.05, 4.69) is 15.5 Å². The normalized spacial score (nSPS) is 10.3. The summed E-state index contributed by atoms with van der Waals surface area (Å²) in [5.41, 5.74) is 1.64. The van der Waals surface area contributed by atoms with Gasteiger partial charge in [0.25, 0.3) is 0 Å². The van der Waals surface area contributed by atoms with Crippen LogP contribution in [-0.4, -0.2) is 29.5 Å². The van der Waals surface area contributed by atoms with Gasteiger partial charge in [0, 0.05) is 5.69 Å². The molecule has 0 unspecified atom stereocenters. The van der Waals surface area contributed by atoms with Gasteiger partial charge in [-0.05, 0) is 24.3 Å². The van der Waals surface area contributed by atoms with Gasteiger partial charge in [-0.2, -0.15) is 0 Å². The number of para-hydroxylation sites is 1. The summed E-state index contributed by atoms with van der Waals surface area (Å²) >= 11 is 1.38. The molecule has 0 radical (unpaired) electrons. The Kier molecular flexibility index (Phi) is 4.29. The highest BCUT2D eigenvalue weighted by molar-refractivity contribution is 7.18. The number of phenols is 1. The van der Waals surface area contributed by atoms with E-state index >= 15 is 0 Å². The fourth-order valence-electron chi connectivity index (χ4n) is 2.15. The average Bonchev–Trinajstić information content (AvgIpc) is 3.03. The van der Waals surface area contributed by atoms with E-state index in [1.54, 1.807) is 12.1 Å². The Morgan fingerprint density at radius 2 is 1.70 bits per heavy atom. The van der Waals surface area contributed by atoms with Gasteiger partial charge in [0.2, 0.25) is 10.9 Å². The van der Waals surface area contributed by atoms with Gasteiger partial charge in [-0.3, -0.25) is 0 Å². The fourth-order valence-corrected chi connectivity index (χ4v) is 2.93. The molecule has 0 aliphatic rings. The number of nitrogens with zero attached hydrogens (tertiary/aromatic N) is 2. The van der Waals surface area contributed by atoms with E-state index in [1.807, 2.05) is 30.3 Å². The van der Waals surface area contributed by atoms with Gasteiger partial charge in [0.1, 0.15) is 0 Å². The Labute approximate surface area is 137 Å². The number of aromatic hydroxyl groups is 1. The maximum absolute atomic E-state index is 9.84. The third-order valence-corrected chi connectivity index (χ3v) is 4.05. The predicted octanol–water partition coefficient (Wildman–Crippen LogP) is 3.67. The zero-order valence-corrected chi connectivity index (χ0v) is 13.4. The van der Waals surface area contributed by atoms with Crippen molar-refractivity contribution >= 4 is 22.2 Å². The van der Waals surface area contributed by atoms with E-state index in [9.17, 15) is 5.11 Å². The predicted molar refractivity (Wildman–Crippen MR) is 89.8 cm³/mol. The lowest BCUT2D eigenvalue weighted by molar-refractivity contribution is 0.334. The number of ether oxygens (including phenoxy) is 2. The number of phenolic OH excluding ortho intramolecular Hbond substituents is 1. The highest BCUT2D eigenvalue weighted by Gasteiger charge is 2.19. The largest absolute Gasteiger partial charge is 0.504 e. The van der Waals surface area contributed by atoms with Crippen LogP contribution in [0.3, 0.4) is 0 Å². The van der Waals surface area contributed by atoms with Crippen LogP contribution in [0, 0.1) is 0 Å². The number of benzene rings is 2. The van der Waals surface area contributed by atoms with Crippen LogP contribution in [0.1, 0.15) is 0 Å². The van der Waals surface area contributed by atoms with Crippen LogP contribution in [0.5, 0.6) is 17.2 Å². The van der Waals surface area contributed by atoms with Crippen LogP contribution in [-0.2, 0) is 0 Å². The summed E-state index contributed by atoms with van der Waals surface area (Å²) in [5, 5.41) is 22.7. The molecule has 0 aliphatic carbocycles. The van der Waals surface area contributed by atoms with Crippen molar-refractivity contribution in [3.8, 4) is 27.8 Å². The number of hydrogen-bond acceptors (Lipinski definition) is 7. The van der Waals surface area contributed by atoms with Crippen molar-refractivity contribution < 1.29 is 14.6 Å². The fraction of sp³-hybridized carbons (Fsp3) is 0.125. The van der Waals surface area contributed by atoms with Gasteiger partial charge >= 0.3 is 0 Å². The first kappa shape index (κ1) is 15.1. The van der Waals surface area contributed by atoms with Gasteiger partial charge in [0.15, 0.2) is 16.5 Å². The highest BCUT2D eigenvalue weighted by Crippen LogP contribution is 2.44. The minimum absolute atomic E-state index is 0.0141. The van der Waals surface area contributed by atoms with E-state index in [-0.39, 0.29) is 11.5 Å². The first-order valence-corrected chi connectivity index (χ1v) is 7.64. The number of nitrogens with one attached hydrogen (secondary N) is 1. The Morgan fingerprint density at radius 1 is 0.957 bits per heavy atom. The minimum atomic E-state index is 0.0141. The number of aromatic nitrogens is 2. The summed E-state index contributed by atoms with van der Waals surface area (Å²) in [6.07, 6.45) is 0. The monoisotopic (exact) mass is 329 g/mol. The lowest BCUT2D eigenvalue weighted by atomic mass is 10.2. The van der Waals surface area contributed by atoms with Crippen LogP contribution < -0.4 is 14.8 Å². The molecule has 0 bridgehead atoms. The van der Waals surface area contributed by atoms with E-state index in [0.29, 0.717) is 21.5 Å². The Bertz CT molecular complexity index is 806. The lowest BCUT2D eigenvalue weighted by Crippen LogP contribution is -1.93. The molecule has 7 heteroatoms. The number of methoxy groups -OCH3 is 2. The molecule has 118 valence electrons. The second-order valence-electron chi connectivity index (χ2n) is 4.60. The second-order valence-corrected chi connectivity index (χ2v) is 5.58. The minimum Gasteiger partial charge on any atom is -0.504 e. The molecule has 0 spiro atoms. The third-order valence-electron chi connectivity index (χ3n) is 3.18. The molecule has 0 atom stereocenters. The van der Waals surface area contributed by atoms with Crippen molar-refractivity contribution in [2.45, 2.75) is 0 Å². The molecule has 1 aromatic heterocycles. The van der Waals surface area contributed by atoms with Gasteiger partial charge in [-0.1, -0.05) is 29.5 Å². The Morgan fingerprint density at radius 3 is 2.39 bits per heavy atom. The first-order valence-electron chi connectivity index (χ1n) is 6.83. The molecule has 1 heterocycles. The maximum Gasteiger partial charge on any atom is 0.210 e.